The number of quaternary nitrogens is 1. The summed E-state index contributed by atoms with van der Waals surface area (Å²) < 4.78 is 0.610. The zero-order valence-corrected chi connectivity index (χ0v) is 25.5. The highest BCUT2D eigenvalue weighted by Crippen LogP contribution is 2.22. The molecule has 0 amide bonds. The van der Waals surface area contributed by atoms with E-state index in [2.05, 4.69) is 19.1 Å². The fourth-order valence-electron chi connectivity index (χ4n) is 4.96. The van der Waals surface area contributed by atoms with Gasteiger partial charge in [-0.15, -0.1) is 0 Å². The van der Waals surface area contributed by atoms with Gasteiger partial charge in [-0.25, -0.2) is 0 Å². The average molecular weight is 555 g/mol. The maximum Gasteiger partial charge on any atom is 0.306 e. The predicted molar refractivity (Wildman–Crippen MR) is 159 cm³/mol. The smallest absolute Gasteiger partial charge is 0.306 e. The molecule has 0 aromatic rings. The van der Waals surface area contributed by atoms with Gasteiger partial charge in [-0.05, 0) is 38.5 Å². The summed E-state index contributed by atoms with van der Waals surface area (Å²) in [6.45, 7) is 10.1. The molecule has 0 bridgehead atoms. The Hall–Kier alpha value is -1.89. The molecule has 0 rings (SSSR count). The fraction of sp³-hybridized carbons (Fsp3) is 0.844. The van der Waals surface area contributed by atoms with Crippen molar-refractivity contribution in [1.82, 2.24) is 0 Å². The second-order valence-corrected chi connectivity index (χ2v) is 11.9. The van der Waals surface area contributed by atoms with Crippen LogP contribution in [0.4, 0.5) is 0 Å². The Bertz CT molecular complexity index is 632. The lowest BCUT2D eigenvalue weighted by Crippen LogP contribution is -2.52. The molecule has 0 spiro atoms. The van der Waals surface area contributed by atoms with Crippen LogP contribution in [0.1, 0.15) is 130 Å². The minimum Gasteiger partial charge on any atom is -0.481 e. The van der Waals surface area contributed by atoms with Crippen LogP contribution in [-0.2, 0) is 14.4 Å². The van der Waals surface area contributed by atoms with Crippen LogP contribution in [0.25, 0.3) is 0 Å². The van der Waals surface area contributed by atoms with Crippen molar-refractivity contribution in [1.29, 1.82) is 0 Å². The van der Waals surface area contributed by atoms with Crippen molar-refractivity contribution in [3.8, 4) is 0 Å². The number of hydrogen-bond donors (Lipinski definition) is 3. The van der Waals surface area contributed by atoms with Gasteiger partial charge >= 0.3 is 17.9 Å². The molecule has 0 aliphatic carbocycles. The van der Waals surface area contributed by atoms with Crippen LogP contribution in [-0.4, -0.2) is 63.9 Å². The first kappa shape index (κ1) is 37.1. The van der Waals surface area contributed by atoms with E-state index in [1.165, 1.54) is 70.6 Å². The minimum absolute atomic E-state index is 0.479. The van der Waals surface area contributed by atoms with Gasteiger partial charge in [0.2, 0.25) is 0 Å². The maximum atomic E-state index is 11.5. The Labute approximate surface area is 238 Å². The first-order chi connectivity index (χ1) is 18.5. The molecule has 0 saturated carbocycles. The van der Waals surface area contributed by atoms with Crippen LogP contribution in [0.2, 0.25) is 0 Å². The van der Waals surface area contributed by atoms with Crippen LogP contribution in [0.5, 0.6) is 0 Å². The highest BCUT2D eigenvalue weighted by atomic mass is 16.4. The fourth-order valence-corrected chi connectivity index (χ4v) is 4.96. The Morgan fingerprint density at radius 2 is 0.872 bits per heavy atom. The van der Waals surface area contributed by atoms with Gasteiger partial charge in [0, 0.05) is 19.3 Å². The molecule has 0 aromatic carbocycles. The Balaban J connectivity index is 4.72. The minimum atomic E-state index is -0.825. The number of carboxylic acids is 3. The number of rotatable bonds is 27. The molecule has 228 valence electrons. The van der Waals surface area contributed by atoms with Crippen molar-refractivity contribution < 1.29 is 34.2 Å². The highest BCUT2D eigenvalue weighted by Gasteiger charge is 2.31. The zero-order chi connectivity index (χ0) is 29.5. The summed E-state index contributed by atoms with van der Waals surface area (Å²) in [5.41, 5.74) is 0. The summed E-state index contributed by atoms with van der Waals surface area (Å²) in [6.07, 6.45) is 22.0. The van der Waals surface area contributed by atoms with E-state index in [1.54, 1.807) is 20.8 Å². The average Bonchev–Trinajstić information content (AvgIpc) is 2.90. The van der Waals surface area contributed by atoms with Crippen molar-refractivity contribution in [3.63, 3.8) is 0 Å². The van der Waals surface area contributed by atoms with Crippen LogP contribution >= 0.6 is 0 Å². The molecule has 39 heavy (non-hydrogen) atoms. The number of hydrogen-bond acceptors (Lipinski definition) is 3. The monoisotopic (exact) mass is 554 g/mol. The van der Waals surface area contributed by atoms with Gasteiger partial charge in [0.1, 0.15) is 0 Å². The SMILES string of the molecule is CCCCC/C=C/CCCCCCCCCC[N+](CCC(C)C(=O)O)(CCC(C)C(=O)O)CCC(C)C(=O)O. The summed E-state index contributed by atoms with van der Waals surface area (Å²) in [7, 11) is 0. The lowest BCUT2D eigenvalue weighted by atomic mass is 10.0. The third-order valence-corrected chi connectivity index (χ3v) is 8.27. The molecular formula is C32H60NO6+. The molecule has 0 heterocycles. The zero-order valence-electron chi connectivity index (χ0n) is 25.5. The Morgan fingerprint density at radius 3 is 1.23 bits per heavy atom. The van der Waals surface area contributed by atoms with E-state index < -0.39 is 35.7 Å². The van der Waals surface area contributed by atoms with E-state index in [-0.39, 0.29) is 0 Å². The first-order valence-corrected chi connectivity index (χ1v) is 15.7. The second-order valence-electron chi connectivity index (χ2n) is 11.9. The van der Waals surface area contributed by atoms with Gasteiger partial charge in [-0.3, -0.25) is 14.4 Å². The van der Waals surface area contributed by atoms with Crippen molar-refractivity contribution in [2.75, 3.05) is 26.2 Å². The third-order valence-electron chi connectivity index (χ3n) is 8.27. The molecule has 7 nitrogen and oxygen atoms in total. The summed E-state index contributed by atoms with van der Waals surface area (Å²) in [5, 5.41) is 28.2. The molecule has 7 heteroatoms. The standard InChI is InChI=1S/C32H59NO6/c1-5-6-7-8-9-10-11-12-13-14-15-16-17-18-19-23-33(24-20-27(2)30(34)35,25-21-28(3)31(36)37)26-22-29(4)32(38)39/h9-10,27-29H,5-8,11-26H2,1-4H3,(H2-,34,35,36,37,38,39)/p+1/b10-9+. The molecule has 3 unspecified atom stereocenters. The quantitative estimate of drug-likeness (QED) is 0.0543. The molecule has 0 aliphatic rings. The lowest BCUT2D eigenvalue weighted by molar-refractivity contribution is -0.929. The van der Waals surface area contributed by atoms with E-state index in [0.717, 1.165) is 19.4 Å². The number of allylic oxidation sites excluding steroid dienone is 2. The van der Waals surface area contributed by atoms with Gasteiger partial charge in [-0.2, -0.15) is 0 Å². The topological polar surface area (TPSA) is 112 Å². The molecular weight excluding hydrogens is 494 g/mol. The van der Waals surface area contributed by atoms with E-state index in [0.29, 0.717) is 43.4 Å². The van der Waals surface area contributed by atoms with E-state index in [4.69, 9.17) is 0 Å². The summed E-state index contributed by atoms with van der Waals surface area (Å²) in [6, 6.07) is 0. The van der Waals surface area contributed by atoms with Crippen molar-refractivity contribution in [2.24, 2.45) is 17.8 Å². The molecule has 0 saturated heterocycles. The van der Waals surface area contributed by atoms with E-state index >= 15 is 0 Å². The number of nitrogens with zero attached hydrogens (tertiary/aromatic N) is 1. The molecule has 0 aliphatic heterocycles. The van der Waals surface area contributed by atoms with Crippen LogP contribution in [0.15, 0.2) is 12.2 Å². The van der Waals surface area contributed by atoms with Gasteiger partial charge < -0.3 is 19.8 Å². The van der Waals surface area contributed by atoms with Crippen LogP contribution < -0.4 is 0 Å². The van der Waals surface area contributed by atoms with Gasteiger partial charge in [-0.1, -0.05) is 84.8 Å². The summed E-state index contributed by atoms with van der Waals surface area (Å²) >= 11 is 0. The molecule has 3 N–H and O–H groups in total. The van der Waals surface area contributed by atoms with Crippen molar-refractivity contribution >= 4 is 17.9 Å². The Kier molecular flexibility index (Phi) is 21.8. The van der Waals surface area contributed by atoms with E-state index in [1.807, 2.05) is 0 Å². The van der Waals surface area contributed by atoms with Crippen LogP contribution in [0.3, 0.4) is 0 Å². The van der Waals surface area contributed by atoms with Crippen LogP contribution in [0, 0.1) is 17.8 Å². The van der Waals surface area contributed by atoms with E-state index in [9.17, 15) is 29.7 Å². The highest BCUT2D eigenvalue weighted by molar-refractivity contribution is 5.70. The van der Waals surface area contributed by atoms with Crippen molar-refractivity contribution in [2.45, 2.75) is 130 Å². The molecule has 0 fully saturated rings. The molecule has 3 atom stereocenters. The maximum absolute atomic E-state index is 11.5. The number of carboxylic acid groups (broad SMARTS) is 3. The normalized spacial score (nSPS) is 15.6. The predicted octanol–water partition coefficient (Wildman–Crippen LogP) is 7.78. The number of carbonyl (C=O) groups is 3. The first-order valence-electron chi connectivity index (χ1n) is 15.7. The molecule has 0 aromatic heterocycles. The summed E-state index contributed by atoms with van der Waals surface area (Å²) in [4.78, 5) is 34.4. The largest absolute Gasteiger partial charge is 0.481 e. The third kappa shape index (κ3) is 19.8. The van der Waals surface area contributed by atoms with Gasteiger partial charge in [0.25, 0.3) is 0 Å². The molecule has 0 radical (unpaired) electrons. The number of unbranched alkanes of at least 4 members (excludes halogenated alkanes) is 11. The lowest BCUT2D eigenvalue weighted by Gasteiger charge is -2.40. The number of aliphatic carboxylic acids is 3. The summed E-state index contributed by atoms with van der Waals surface area (Å²) in [5.74, 6) is -3.91. The van der Waals surface area contributed by atoms with Crippen molar-refractivity contribution in [3.05, 3.63) is 12.2 Å². The Morgan fingerprint density at radius 1 is 0.538 bits per heavy atom. The van der Waals surface area contributed by atoms with Gasteiger partial charge in [0.05, 0.1) is 43.9 Å². The van der Waals surface area contributed by atoms with Gasteiger partial charge in [0.15, 0.2) is 0 Å². The second kappa shape index (κ2) is 22.9.